The fourth-order valence-corrected chi connectivity index (χ4v) is 4.21. The average Bonchev–Trinajstić information content (AvgIpc) is 2.78. The highest BCUT2D eigenvalue weighted by Crippen LogP contribution is 2.22. The van der Waals surface area contributed by atoms with Crippen LogP contribution >= 0.6 is 0 Å². The minimum absolute atomic E-state index is 0.00897. The van der Waals surface area contributed by atoms with Gasteiger partial charge in [-0.25, -0.2) is 14.6 Å². The van der Waals surface area contributed by atoms with Crippen molar-refractivity contribution in [3.05, 3.63) is 23.9 Å². The van der Waals surface area contributed by atoms with Crippen molar-refractivity contribution in [2.45, 2.75) is 65.0 Å². The van der Waals surface area contributed by atoms with Crippen LogP contribution in [0.3, 0.4) is 0 Å². The summed E-state index contributed by atoms with van der Waals surface area (Å²) in [5.41, 5.74) is -0.130. The summed E-state index contributed by atoms with van der Waals surface area (Å²) >= 11 is 0. The molecule has 2 atom stereocenters. The lowest BCUT2D eigenvalue weighted by Gasteiger charge is -2.36. The number of pyridine rings is 1. The van der Waals surface area contributed by atoms with Gasteiger partial charge in [0, 0.05) is 38.4 Å². The van der Waals surface area contributed by atoms with Gasteiger partial charge < -0.3 is 24.6 Å². The lowest BCUT2D eigenvalue weighted by atomic mass is 9.96. The lowest BCUT2D eigenvalue weighted by Crippen LogP contribution is -2.52. The first kappa shape index (κ1) is 24.8. The van der Waals surface area contributed by atoms with Gasteiger partial charge in [-0.3, -0.25) is 4.79 Å². The van der Waals surface area contributed by atoms with Gasteiger partial charge in [-0.2, -0.15) is 0 Å². The first-order valence-electron chi connectivity index (χ1n) is 11.8. The maximum atomic E-state index is 13.0. The number of likely N-dealkylation sites (tertiary alicyclic amines) is 1. The predicted molar refractivity (Wildman–Crippen MR) is 124 cm³/mol. The highest BCUT2D eigenvalue weighted by molar-refractivity contribution is 5.89. The van der Waals surface area contributed by atoms with Gasteiger partial charge in [0.25, 0.3) is 0 Å². The van der Waals surface area contributed by atoms with Crippen molar-refractivity contribution < 1.29 is 23.9 Å². The number of nitrogens with one attached hydrogen (secondary N) is 1. The van der Waals surface area contributed by atoms with Gasteiger partial charge in [-0.05, 0) is 65.5 Å². The van der Waals surface area contributed by atoms with Crippen molar-refractivity contribution in [2.24, 2.45) is 5.92 Å². The third kappa shape index (κ3) is 7.07. The first-order valence-corrected chi connectivity index (χ1v) is 11.8. The Morgan fingerprint density at radius 1 is 1.12 bits per heavy atom. The van der Waals surface area contributed by atoms with Crippen LogP contribution < -0.4 is 10.2 Å². The number of carbonyl (C=O) groups excluding carboxylic acids is 3. The van der Waals surface area contributed by atoms with Gasteiger partial charge in [0.2, 0.25) is 5.91 Å². The van der Waals surface area contributed by atoms with E-state index in [1.807, 2.05) is 26.8 Å². The van der Waals surface area contributed by atoms with Crippen LogP contribution in [-0.2, 0) is 14.3 Å². The zero-order valence-corrected chi connectivity index (χ0v) is 20.1. The second-order valence-electron chi connectivity index (χ2n) is 9.68. The van der Waals surface area contributed by atoms with Crippen molar-refractivity contribution in [1.29, 1.82) is 0 Å². The standard InChI is InChI=1S/C24H36N4O5/c1-5-32-22(30)17-10-11-20(25-14-17)27-12-7-9-19(16-27)26-21(29)18-8-6-13-28(15-18)23(31)33-24(2,3)4/h10-11,14,18-19H,5-9,12-13,15-16H2,1-4H3,(H,26,29)/t18-,19-/m0/s1. The van der Waals surface area contributed by atoms with Crippen LogP contribution in [0.25, 0.3) is 0 Å². The van der Waals surface area contributed by atoms with Crippen molar-refractivity contribution in [1.82, 2.24) is 15.2 Å². The van der Waals surface area contributed by atoms with Gasteiger partial charge >= 0.3 is 12.1 Å². The van der Waals surface area contributed by atoms with E-state index in [-0.39, 0.29) is 29.9 Å². The number of nitrogens with zero attached hydrogens (tertiary/aromatic N) is 3. The van der Waals surface area contributed by atoms with Gasteiger partial charge in [0.1, 0.15) is 11.4 Å². The van der Waals surface area contributed by atoms with Crippen LogP contribution in [0, 0.1) is 5.92 Å². The summed E-state index contributed by atoms with van der Waals surface area (Å²) in [4.78, 5) is 45.4. The molecule has 2 aliphatic heterocycles. The lowest BCUT2D eigenvalue weighted by molar-refractivity contribution is -0.127. The molecule has 0 radical (unpaired) electrons. The molecule has 0 spiro atoms. The Morgan fingerprint density at radius 3 is 2.55 bits per heavy atom. The van der Waals surface area contributed by atoms with E-state index in [1.165, 1.54) is 6.20 Å². The minimum atomic E-state index is -0.555. The van der Waals surface area contributed by atoms with E-state index in [4.69, 9.17) is 9.47 Å². The monoisotopic (exact) mass is 460 g/mol. The number of anilines is 1. The van der Waals surface area contributed by atoms with Crippen molar-refractivity contribution in [3.8, 4) is 0 Å². The van der Waals surface area contributed by atoms with Crippen LogP contribution in [0.5, 0.6) is 0 Å². The average molecular weight is 461 g/mol. The molecule has 1 aromatic rings. The first-order chi connectivity index (χ1) is 15.7. The summed E-state index contributed by atoms with van der Waals surface area (Å²) in [6, 6.07) is 3.54. The van der Waals surface area contributed by atoms with Crippen LogP contribution in [0.2, 0.25) is 0 Å². The fourth-order valence-electron chi connectivity index (χ4n) is 4.21. The van der Waals surface area contributed by atoms with Gasteiger partial charge in [-0.1, -0.05) is 0 Å². The number of esters is 1. The number of amides is 2. The van der Waals surface area contributed by atoms with E-state index in [0.29, 0.717) is 31.8 Å². The molecule has 2 fully saturated rings. The van der Waals surface area contributed by atoms with E-state index in [9.17, 15) is 14.4 Å². The molecule has 33 heavy (non-hydrogen) atoms. The molecular formula is C24H36N4O5. The maximum absolute atomic E-state index is 13.0. The molecule has 1 N–H and O–H groups in total. The number of piperidine rings is 2. The molecule has 0 aliphatic carbocycles. The van der Waals surface area contributed by atoms with E-state index in [0.717, 1.165) is 38.0 Å². The third-order valence-corrected chi connectivity index (χ3v) is 5.79. The molecule has 3 heterocycles. The van der Waals surface area contributed by atoms with Gasteiger partial charge in [0.15, 0.2) is 0 Å². The summed E-state index contributed by atoms with van der Waals surface area (Å²) in [6.45, 7) is 10.1. The summed E-state index contributed by atoms with van der Waals surface area (Å²) in [5.74, 6) is 0.147. The Bertz CT molecular complexity index is 836. The number of aromatic nitrogens is 1. The Kier molecular flexibility index (Phi) is 8.15. The third-order valence-electron chi connectivity index (χ3n) is 5.79. The number of hydrogen-bond acceptors (Lipinski definition) is 7. The molecule has 2 amide bonds. The quantitative estimate of drug-likeness (QED) is 0.674. The van der Waals surface area contributed by atoms with Crippen LogP contribution in [0.4, 0.5) is 10.6 Å². The molecular weight excluding hydrogens is 424 g/mol. The maximum Gasteiger partial charge on any atom is 0.410 e. The largest absolute Gasteiger partial charge is 0.462 e. The predicted octanol–water partition coefficient (Wildman–Crippen LogP) is 2.99. The fraction of sp³-hybridized carbons (Fsp3) is 0.667. The normalized spacial score (nSPS) is 21.3. The molecule has 0 bridgehead atoms. The summed E-state index contributed by atoms with van der Waals surface area (Å²) in [7, 11) is 0. The topological polar surface area (TPSA) is 101 Å². The van der Waals surface area contributed by atoms with E-state index in [1.54, 1.807) is 17.9 Å². The molecule has 0 aromatic carbocycles. The molecule has 9 heteroatoms. The Hall–Kier alpha value is -2.84. The van der Waals surface area contributed by atoms with E-state index in [2.05, 4.69) is 15.2 Å². The molecule has 0 unspecified atom stereocenters. The molecule has 2 aliphatic rings. The highest BCUT2D eigenvalue weighted by Gasteiger charge is 2.32. The smallest absolute Gasteiger partial charge is 0.410 e. The number of carbonyl (C=O) groups is 3. The second kappa shape index (κ2) is 10.9. The second-order valence-corrected chi connectivity index (χ2v) is 9.68. The zero-order chi connectivity index (χ0) is 24.0. The van der Waals surface area contributed by atoms with Crippen LogP contribution in [0.1, 0.15) is 63.7 Å². The Morgan fingerprint density at radius 2 is 1.88 bits per heavy atom. The summed E-state index contributed by atoms with van der Waals surface area (Å²) < 4.78 is 10.5. The molecule has 3 rings (SSSR count). The Balaban J connectivity index is 1.54. The molecule has 2 saturated heterocycles. The van der Waals surface area contributed by atoms with E-state index >= 15 is 0 Å². The Labute approximate surface area is 195 Å². The summed E-state index contributed by atoms with van der Waals surface area (Å²) in [6.07, 6.45) is 4.54. The molecule has 9 nitrogen and oxygen atoms in total. The van der Waals surface area contributed by atoms with Crippen molar-refractivity contribution in [3.63, 3.8) is 0 Å². The highest BCUT2D eigenvalue weighted by atomic mass is 16.6. The molecule has 1 aromatic heterocycles. The van der Waals surface area contributed by atoms with E-state index < -0.39 is 5.60 Å². The van der Waals surface area contributed by atoms with Crippen LogP contribution in [0.15, 0.2) is 18.3 Å². The number of hydrogen-bond donors (Lipinski definition) is 1. The van der Waals surface area contributed by atoms with Crippen LogP contribution in [-0.4, -0.2) is 72.3 Å². The summed E-state index contributed by atoms with van der Waals surface area (Å²) in [5, 5.41) is 3.18. The minimum Gasteiger partial charge on any atom is -0.462 e. The molecule has 0 saturated carbocycles. The van der Waals surface area contributed by atoms with Crippen molar-refractivity contribution >= 4 is 23.8 Å². The number of ether oxygens (including phenoxy) is 2. The van der Waals surface area contributed by atoms with Gasteiger partial charge in [-0.15, -0.1) is 0 Å². The number of rotatable bonds is 5. The SMILES string of the molecule is CCOC(=O)c1ccc(N2CCC[C@H](NC(=O)[C@H]3CCCN(C(=O)OC(C)(C)C)C3)C2)nc1. The zero-order valence-electron chi connectivity index (χ0n) is 20.1. The van der Waals surface area contributed by atoms with Crippen molar-refractivity contribution in [2.75, 3.05) is 37.7 Å². The van der Waals surface area contributed by atoms with Gasteiger partial charge in [0.05, 0.1) is 18.1 Å². The molecule has 182 valence electrons.